The van der Waals surface area contributed by atoms with Gasteiger partial charge in [0.25, 0.3) is 0 Å². The molecule has 0 amide bonds. The molecule has 1 fully saturated rings. The van der Waals surface area contributed by atoms with E-state index in [1.807, 2.05) is 12.1 Å². The monoisotopic (exact) mass is 536 g/mol. The van der Waals surface area contributed by atoms with Crippen LogP contribution in [-0.4, -0.2) is 36.0 Å². The minimum atomic E-state index is 0.761. The highest BCUT2D eigenvalue weighted by Gasteiger charge is 2.27. The molecule has 0 radical (unpaired) electrons. The fraction of sp³-hybridized carbons (Fsp3) is 0.355. The summed E-state index contributed by atoms with van der Waals surface area (Å²) >= 11 is 15.1. The van der Waals surface area contributed by atoms with Crippen molar-refractivity contribution in [3.8, 4) is 0 Å². The number of hydrogen-bond donors (Lipinski definition) is 0. The molecule has 1 saturated carbocycles. The van der Waals surface area contributed by atoms with E-state index in [-0.39, 0.29) is 0 Å². The van der Waals surface area contributed by atoms with Crippen LogP contribution < -0.4 is 0 Å². The highest BCUT2D eigenvalue weighted by atomic mass is 35.5. The van der Waals surface area contributed by atoms with Crippen molar-refractivity contribution in [2.75, 3.05) is 26.2 Å². The first-order chi connectivity index (χ1) is 17.6. The number of allylic oxidation sites excluding steroid dienone is 1. The lowest BCUT2D eigenvalue weighted by atomic mass is 10.1. The Labute approximate surface area is 229 Å². The molecule has 0 aliphatic heterocycles. The van der Waals surface area contributed by atoms with E-state index in [1.165, 1.54) is 38.9 Å². The van der Waals surface area contributed by atoms with Crippen LogP contribution in [0, 0.1) is 0 Å². The van der Waals surface area contributed by atoms with E-state index in [9.17, 15) is 0 Å². The molecule has 2 nitrogen and oxygen atoms in total. The summed E-state index contributed by atoms with van der Waals surface area (Å²) in [6.45, 7) is 9.81. The molecule has 188 valence electrons. The molecule has 0 saturated heterocycles. The normalized spacial score (nSPS) is 13.2. The first kappa shape index (κ1) is 25.6. The second-order valence-electron chi connectivity index (χ2n) is 9.67. The first-order valence-electron chi connectivity index (χ1n) is 13.1. The van der Waals surface area contributed by atoms with Crippen LogP contribution in [0.5, 0.6) is 0 Å². The van der Waals surface area contributed by atoms with Crippen LogP contribution in [0.3, 0.4) is 0 Å². The van der Waals surface area contributed by atoms with Gasteiger partial charge in [-0.25, -0.2) is 0 Å². The van der Waals surface area contributed by atoms with Crippen LogP contribution in [0.4, 0.5) is 0 Å². The van der Waals surface area contributed by atoms with Crippen molar-refractivity contribution in [1.29, 1.82) is 0 Å². The maximum atomic E-state index is 7.04. The van der Waals surface area contributed by atoms with E-state index in [1.54, 1.807) is 11.3 Å². The van der Waals surface area contributed by atoms with Gasteiger partial charge >= 0.3 is 0 Å². The number of rotatable bonds is 11. The minimum Gasteiger partial charge on any atom is -0.366 e. The van der Waals surface area contributed by atoms with Crippen molar-refractivity contribution in [2.24, 2.45) is 0 Å². The van der Waals surface area contributed by atoms with Gasteiger partial charge in [0.15, 0.2) is 0 Å². The van der Waals surface area contributed by atoms with Crippen molar-refractivity contribution in [3.05, 3.63) is 86.7 Å². The van der Waals surface area contributed by atoms with E-state index >= 15 is 0 Å². The number of halogens is 2. The summed E-state index contributed by atoms with van der Waals surface area (Å²) in [6.07, 6.45) is 4.69. The molecule has 1 aliphatic rings. The van der Waals surface area contributed by atoms with Gasteiger partial charge in [0.2, 0.25) is 0 Å². The summed E-state index contributed by atoms with van der Waals surface area (Å²) < 4.78 is 1.16. The van der Waals surface area contributed by atoms with Crippen molar-refractivity contribution < 1.29 is 0 Å². The lowest BCUT2D eigenvalue weighted by Crippen LogP contribution is -2.26. The second-order valence-corrected chi connectivity index (χ2v) is 11.5. The Hall–Kier alpha value is -2.04. The molecule has 4 aromatic rings. The summed E-state index contributed by atoms with van der Waals surface area (Å²) in [5, 5.41) is 5.32. The Kier molecular flexibility index (Phi) is 8.22. The first-order valence-corrected chi connectivity index (χ1v) is 14.7. The summed E-state index contributed by atoms with van der Waals surface area (Å²) in [7, 11) is 0. The standard InChI is InChI=1S/C31H34Cl2N2S/c1-3-34(4-2)17-7-8-18-35(21-22-11-12-23-9-5-6-10-25(23)19-22)30(24-13-14-24)31-29(33)27-16-15-26(32)20-28(27)36-31/h5-6,9-12,15-16,19-20H,3-4,7-8,13-14,17-18,21H2,1-2H3. The smallest absolute Gasteiger partial charge is 0.0702 e. The van der Waals surface area contributed by atoms with Gasteiger partial charge in [-0.2, -0.15) is 0 Å². The van der Waals surface area contributed by atoms with Gasteiger partial charge in [-0.1, -0.05) is 79.5 Å². The molecular formula is C31H34Cl2N2S. The van der Waals surface area contributed by atoms with Crippen LogP contribution in [-0.2, 0) is 6.54 Å². The van der Waals surface area contributed by atoms with E-state index in [0.29, 0.717) is 0 Å². The lowest BCUT2D eigenvalue weighted by Gasteiger charge is -2.28. The van der Waals surface area contributed by atoms with Crippen LogP contribution in [0.2, 0.25) is 10.0 Å². The zero-order chi connectivity index (χ0) is 25.1. The number of thiophene rings is 1. The Morgan fingerprint density at radius 2 is 1.61 bits per heavy atom. The van der Waals surface area contributed by atoms with Crippen molar-refractivity contribution in [1.82, 2.24) is 9.80 Å². The van der Waals surface area contributed by atoms with Gasteiger partial charge in [0.05, 0.1) is 15.6 Å². The fourth-order valence-corrected chi connectivity index (χ4v) is 6.94. The topological polar surface area (TPSA) is 6.48 Å². The van der Waals surface area contributed by atoms with Crippen molar-refractivity contribution in [2.45, 2.75) is 46.1 Å². The van der Waals surface area contributed by atoms with Gasteiger partial charge in [0.1, 0.15) is 0 Å². The third-order valence-corrected chi connectivity index (χ3v) is 9.09. The Balaban J connectivity index is 1.47. The molecule has 0 atom stereocenters. The molecule has 3 aromatic carbocycles. The third kappa shape index (κ3) is 5.75. The largest absolute Gasteiger partial charge is 0.366 e. The van der Waals surface area contributed by atoms with Crippen LogP contribution in [0.1, 0.15) is 50.0 Å². The van der Waals surface area contributed by atoms with Crippen LogP contribution in [0.25, 0.3) is 26.6 Å². The van der Waals surface area contributed by atoms with Crippen LogP contribution in [0.15, 0.2) is 66.2 Å². The molecule has 0 bridgehead atoms. The molecule has 1 aliphatic carbocycles. The summed E-state index contributed by atoms with van der Waals surface area (Å²) in [4.78, 5) is 6.32. The molecule has 0 unspecified atom stereocenters. The molecule has 1 aromatic heterocycles. The summed E-state index contributed by atoms with van der Waals surface area (Å²) in [5.41, 5.74) is 4.23. The lowest BCUT2D eigenvalue weighted by molar-refractivity contribution is 0.286. The number of hydrogen-bond acceptors (Lipinski definition) is 3. The molecule has 0 spiro atoms. The van der Waals surface area contributed by atoms with E-state index in [0.717, 1.165) is 72.1 Å². The Morgan fingerprint density at radius 3 is 2.36 bits per heavy atom. The fourth-order valence-electron chi connectivity index (χ4n) is 5.02. The van der Waals surface area contributed by atoms with Crippen LogP contribution >= 0.6 is 34.5 Å². The highest BCUT2D eigenvalue weighted by molar-refractivity contribution is 7.20. The molecule has 5 heteroatoms. The Bertz CT molecular complexity index is 1380. The van der Waals surface area contributed by atoms with Crippen molar-refractivity contribution in [3.63, 3.8) is 0 Å². The Morgan fingerprint density at radius 1 is 0.861 bits per heavy atom. The SMILES string of the molecule is CCN(CC)CCCCN(Cc1ccc2ccccc2c1)C(=C1CC1)c1sc2cc(Cl)ccc2c1Cl. The zero-order valence-electron chi connectivity index (χ0n) is 21.2. The number of benzene rings is 3. The quantitative estimate of drug-likeness (QED) is 0.176. The zero-order valence-corrected chi connectivity index (χ0v) is 23.5. The number of fused-ring (bicyclic) bond motifs is 2. The van der Waals surface area contributed by atoms with E-state index in [4.69, 9.17) is 23.2 Å². The van der Waals surface area contributed by atoms with Crippen molar-refractivity contribution >= 4 is 61.1 Å². The van der Waals surface area contributed by atoms with Gasteiger partial charge in [-0.15, -0.1) is 11.3 Å². The average molecular weight is 538 g/mol. The molecule has 1 heterocycles. The molecular weight excluding hydrogens is 503 g/mol. The molecule has 0 N–H and O–H groups in total. The maximum absolute atomic E-state index is 7.04. The molecule has 5 rings (SSSR count). The van der Waals surface area contributed by atoms with Gasteiger partial charge in [-0.05, 0) is 85.4 Å². The average Bonchev–Trinajstić information content (AvgIpc) is 3.68. The van der Waals surface area contributed by atoms with Gasteiger partial charge in [0, 0.05) is 28.2 Å². The predicted octanol–water partition coefficient (Wildman–Crippen LogP) is 9.49. The van der Waals surface area contributed by atoms with E-state index in [2.05, 4.69) is 72.2 Å². The van der Waals surface area contributed by atoms with Gasteiger partial charge in [-0.3, -0.25) is 0 Å². The summed E-state index contributed by atoms with van der Waals surface area (Å²) in [5.74, 6) is 0. The third-order valence-electron chi connectivity index (χ3n) is 7.19. The van der Waals surface area contributed by atoms with E-state index < -0.39 is 0 Å². The maximum Gasteiger partial charge on any atom is 0.0702 e. The second kappa shape index (κ2) is 11.6. The minimum absolute atomic E-state index is 0.761. The molecule has 36 heavy (non-hydrogen) atoms. The number of nitrogens with zero attached hydrogens (tertiary/aromatic N) is 2. The predicted molar refractivity (Wildman–Crippen MR) is 159 cm³/mol. The summed E-state index contributed by atoms with van der Waals surface area (Å²) in [6, 6.07) is 21.6. The van der Waals surface area contributed by atoms with Gasteiger partial charge < -0.3 is 9.80 Å². The highest BCUT2D eigenvalue weighted by Crippen LogP contribution is 2.47. The number of unbranched alkanes of at least 4 members (excludes halogenated alkanes) is 1.